The molecule has 4 rings (SSSR count). The van der Waals surface area contributed by atoms with Crippen LogP contribution in [0, 0.1) is 12.8 Å². The molecule has 2 fully saturated rings. The first-order chi connectivity index (χ1) is 12.4. The largest absolute Gasteiger partial charge is 0.348 e. The summed E-state index contributed by atoms with van der Waals surface area (Å²) in [5, 5.41) is 5.40. The Morgan fingerprint density at radius 1 is 1.31 bits per heavy atom. The second kappa shape index (κ2) is 6.64. The van der Waals surface area contributed by atoms with Gasteiger partial charge in [0.25, 0.3) is 5.91 Å². The summed E-state index contributed by atoms with van der Waals surface area (Å²) in [4.78, 5) is 13.2. The molecule has 8 heteroatoms. The van der Waals surface area contributed by atoms with Crippen LogP contribution in [0.5, 0.6) is 0 Å². The second-order valence-corrected chi connectivity index (χ2v) is 10.2. The molecule has 1 aliphatic heterocycles. The zero-order valence-corrected chi connectivity index (χ0v) is 16.6. The number of rotatable bonds is 4. The van der Waals surface area contributed by atoms with Gasteiger partial charge in [-0.1, -0.05) is 23.7 Å². The fourth-order valence-corrected chi connectivity index (χ4v) is 6.50. The summed E-state index contributed by atoms with van der Waals surface area (Å²) in [6.45, 7) is 2.28. The van der Waals surface area contributed by atoms with E-state index in [0.717, 1.165) is 12.0 Å². The summed E-state index contributed by atoms with van der Waals surface area (Å²) < 4.78 is 27.5. The summed E-state index contributed by atoms with van der Waals surface area (Å²) >= 11 is 7.51. The van der Waals surface area contributed by atoms with Crippen molar-refractivity contribution >= 4 is 38.9 Å². The van der Waals surface area contributed by atoms with Gasteiger partial charge in [0.15, 0.2) is 0 Å². The highest BCUT2D eigenvalue weighted by atomic mass is 35.5. The number of sulfonamides is 1. The predicted octanol–water partition coefficient (Wildman–Crippen LogP) is 3.29. The lowest BCUT2D eigenvalue weighted by Crippen LogP contribution is -2.47. The minimum Gasteiger partial charge on any atom is -0.348 e. The van der Waals surface area contributed by atoms with Crippen molar-refractivity contribution in [3.05, 3.63) is 51.2 Å². The van der Waals surface area contributed by atoms with Gasteiger partial charge in [-0.25, -0.2) is 8.42 Å². The zero-order chi connectivity index (χ0) is 18.5. The SMILES string of the molecule is Cc1ccc(S(=O)(=O)N2CC3CC2CC3NC(=O)c2cccs2)cc1Cl. The van der Waals surface area contributed by atoms with Crippen molar-refractivity contribution < 1.29 is 13.2 Å². The Kier molecular flexibility index (Phi) is 4.59. The number of benzene rings is 1. The van der Waals surface area contributed by atoms with E-state index >= 15 is 0 Å². The summed E-state index contributed by atoms with van der Waals surface area (Å²) in [7, 11) is -3.57. The Bertz CT molecular complexity index is 943. The summed E-state index contributed by atoms with van der Waals surface area (Å²) in [5.41, 5.74) is 0.852. The van der Waals surface area contributed by atoms with Gasteiger partial charge >= 0.3 is 0 Å². The highest BCUT2D eigenvalue weighted by Crippen LogP contribution is 2.41. The number of nitrogens with zero attached hydrogens (tertiary/aromatic N) is 1. The molecule has 2 aromatic rings. The second-order valence-electron chi connectivity index (χ2n) is 6.93. The van der Waals surface area contributed by atoms with Gasteiger partial charge in [0, 0.05) is 23.7 Å². The molecule has 3 unspecified atom stereocenters. The zero-order valence-electron chi connectivity index (χ0n) is 14.2. The highest BCUT2D eigenvalue weighted by molar-refractivity contribution is 7.89. The number of hydrogen-bond donors (Lipinski definition) is 1. The third kappa shape index (κ3) is 3.07. The molecule has 3 atom stereocenters. The molecule has 2 bridgehead atoms. The van der Waals surface area contributed by atoms with Crippen LogP contribution in [0.15, 0.2) is 40.6 Å². The molecule has 1 aromatic carbocycles. The van der Waals surface area contributed by atoms with Gasteiger partial charge in [-0.05, 0) is 54.8 Å². The molecule has 1 amide bonds. The molecule has 2 heterocycles. The molecular weight excluding hydrogens is 392 g/mol. The monoisotopic (exact) mass is 410 g/mol. The predicted molar refractivity (Wildman–Crippen MR) is 102 cm³/mol. The van der Waals surface area contributed by atoms with Crippen LogP contribution in [0.3, 0.4) is 0 Å². The van der Waals surface area contributed by atoms with Crippen LogP contribution in [-0.4, -0.2) is 37.3 Å². The summed E-state index contributed by atoms with van der Waals surface area (Å²) in [5.74, 6) is 0.0804. The first-order valence-electron chi connectivity index (χ1n) is 8.48. The number of piperidine rings is 1. The van der Waals surface area contributed by atoms with Crippen molar-refractivity contribution in [1.29, 1.82) is 0 Å². The maximum atomic E-state index is 13.0. The number of amides is 1. The number of thiophene rings is 1. The molecular formula is C18H19ClN2O3S2. The van der Waals surface area contributed by atoms with Crippen LogP contribution < -0.4 is 5.32 Å². The lowest BCUT2D eigenvalue weighted by atomic mass is 10.0. The fraction of sp³-hybridized carbons (Fsp3) is 0.389. The van der Waals surface area contributed by atoms with Crippen molar-refractivity contribution in [3.8, 4) is 0 Å². The van der Waals surface area contributed by atoms with E-state index < -0.39 is 10.0 Å². The van der Waals surface area contributed by atoms with E-state index in [0.29, 0.717) is 22.9 Å². The van der Waals surface area contributed by atoms with Crippen molar-refractivity contribution in [3.63, 3.8) is 0 Å². The first-order valence-corrected chi connectivity index (χ1v) is 11.2. The number of carbonyl (C=O) groups is 1. The smallest absolute Gasteiger partial charge is 0.261 e. The average molecular weight is 411 g/mol. The molecule has 1 saturated heterocycles. The van der Waals surface area contributed by atoms with E-state index in [1.165, 1.54) is 17.4 Å². The van der Waals surface area contributed by atoms with E-state index in [4.69, 9.17) is 11.6 Å². The number of nitrogens with one attached hydrogen (secondary N) is 1. The number of halogens is 1. The summed E-state index contributed by atoms with van der Waals surface area (Å²) in [6.07, 6.45) is 1.44. The Balaban J connectivity index is 1.47. The molecule has 0 radical (unpaired) electrons. The van der Waals surface area contributed by atoms with E-state index in [9.17, 15) is 13.2 Å². The number of carbonyl (C=O) groups excluding carboxylic acids is 1. The van der Waals surface area contributed by atoms with Gasteiger partial charge in [0.05, 0.1) is 9.77 Å². The minimum atomic E-state index is -3.57. The number of hydrogen-bond acceptors (Lipinski definition) is 4. The van der Waals surface area contributed by atoms with Gasteiger partial charge in [0.2, 0.25) is 10.0 Å². The van der Waals surface area contributed by atoms with Crippen LogP contribution in [0.2, 0.25) is 5.02 Å². The third-order valence-electron chi connectivity index (χ3n) is 5.30. The van der Waals surface area contributed by atoms with Crippen molar-refractivity contribution in [2.24, 2.45) is 5.92 Å². The summed E-state index contributed by atoms with van der Waals surface area (Å²) in [6, 6.07) is 8.47. The maximum Gasteiger partial charge on any atom is 0.261 e. The van der Waals surface area contributed by atoms with Crippen LogP contribution in [-0.2, 0) is 10.0 Å². The standard InChI is InChI=1S/C18H19ClN2O3S2/c1-11-4-5-14(9-15(11)19)26(23,24)21-10-12-7-13(21)8-16(12)20-18(22)17-3-2-6-25-17/h2-6,9,12-13,16H,7-8,10H2,1H3,(H,20,22). The molecule has 1 aromatic heterocycles. The lowest BCUT2D eigenvalue weighted by molar-refractivity contribution is 0.0923. The van der Waals surface area contributed by atoms with Gasteiger partial charge in [-0.3, -0.25) is 4.79 Å². The van der Waals surface area contributed by atoms with E-state index in [2.05, 4.69) is 5.32 Å². The lowest BCUT2D eigenvalue weighted by Gasteiger charge is -2.31. The Morgan fingerprint density at radius 2 is 2.12 bits per heavy atom. The van der Waals surface area contributed by atoms with Crippen LogP contribution in [0.1, 0.15) is 28.1 Å². The topological polar surface area (TPSA) is 66.5 Å². The van der Waals surface area contributed by atoms with E-state index in [-0.39, 0.29) is 28.8 Å². The van der Waals surface area contributed by atoms with E-state index in [1.807, 2.05) is 18.4 Å². The van der Waals surface area contributed by atoms with Crippen molar-refractivity contribution in [1.82, 2.24) is 9.62 Å². The normalized spacial score (nSPS) is 25.5. The third-order valence-corrected chi connectivity index (χ3v) is 8.49. The fourth-order valence-electron chi connectivity index (χ4n) is 3.90. The Hall–Kier alpha value is -1.41. The van der Waals surface area contributed by atoms with Gasteiger partial charge < -0.3 is 5.32 Å². The average Bonchev–Trinajstić information content (AvgIpc) is 3.33. The molecule has 5 nitrogen and oxygen atoms in total. The van der Waals surface area contributed by atoms with Crippen molar-refractivity contribution in [2.75, 3.05) is 6.54 Å². The maximum absolute atomic E-state index is 13.0. The quantitative estimate of drug-likeness (QED) is 0.840. The number of fused-ring (bicyclic) bond motifs is 2. The van der Waals surface area contributed by atoms with Crippen LogP contribution >= 0.6 is 22.9 Å². The van der Waals surface area contributed by atoms with Gasteiger partial charge in [-0.15, -0.1) is 11.3 Å². The first kappa shape index (κ1) is 18.0. The molecule has 2 aliphatic rings. The van der Waals surface area contributed by atoms with Crippen LogP contribution in [0.25, 0.3) is 0 Å². The molecule has 138 valence electrons. The molecule has 26 heavy (non-hydrogen) atoms. The molecule has 0 spiro atoms. The van der Waals surface area contributed by atoms with Crippen molar-refractivity contribution in [2.45, 2.75) is 36.7 Å². The Labute approximate surface area is 162 Å². The highest BCUT2D eigenvalue weighted by Gasteiger charge is 2.49. The molecule has 1 aliphatic carbocycles. The Morgan fingerprint density at radius 3 is 2.73 bits per heavy atom. The molecule has 1 N–H and O–H groups in total. The van der Waals surface area contributed by atoms with E-state index in [1.54, 1.807) is 22.5 Å². The molecule has 1 saturated carbocycles. The minimum absolute atomic E-state index is 0.0302. The number of aryl methyl sites for hydroxylation is 1. The van der Waals surface area contributed by atoms with Gasteiger partial charge in [0.1, 0.15) is 0 Å². The van der Waals surface area contributed by atoms with Crippen LogP contribution in [0.4, 0.5) is 0 Å². The van der Waals surface area contributed by atoms with Gasteiger partial charge in [-0.2, -0.15) is 4.31 Å².